The molecule has 102 valence electrons. The van der Waals surface area contributed by atoms with Crippen molar-refractivity contribution < 1.29 is 9.59 Å². The monoisotopic (exact) mass is 260 g/mol. The standard InChI is InChI=1S/C15H20N2O2/c1-15(2,3)9-14(19)16-11-5-6-12-10(8-11)4-7-13(18)17-12/h5-6,8H,4,7,9H2,1-3H3,(H,16,19)(H,17,18). The first-order chi connectivity index (χ1) is 8.83. The second-order valence-corrected chi connectivity index (χ2v) is 6.21. The first kappa shape index (κ1) is 13.6. The first-order valence-electron chi connectivity index (χ1n) is 6.56. The molecule has 2 rings (SSSR count). The van der Waals surface area contributed by atoms with Crippen LogP contribution in [0.15, 0.2) is 18.2 Å². The van der Waals surface area contributed by atoms with Gasteiger partial charge < -0.3 is 10.6 Å². The van der Waals surface area contributed by atoms with Crippen LogP contribution in [0.4, 0.5) is 11.4 Å². The molecule has 1 aromatic rings. The Balaban J connectivity index is 2.06. The van der Waals surface area contributed by atoms with Gasteiger partial charge in [-0.1, -0.05) is 20.8 Å². The molecule has 0 spiro atoms. The van der Waals surface area contributed by atoms with E-state index in [2.05, 4.69) is 10.6 Å². The summed E-state index contributed by atoms with van der Waals surface area (Å²) in [5.41, 5.74) is 2.70. The van der Waals surface area contributed by atoms with E-state index in [1.165, 1.54) is 0 Å². The lowest BCUT2D eigenvalue weighted by molar-refractivity contribution is -0.118. The van der Waals surface area contributed by atoms with E-state index in [9.17, 15) is 9.59 Å². The normalized spacial score (nSPS) is 14.6. The van der Waals surface area contributed by atoms with Crippen LogP contribution < -0.4 is 10.6 Å². The SMILES string of the molecule is CC(C)(C)CC(=O)Nc1ccc2c(c1)CCC(=O)N2. The van der Waals surface area contributed by atoms with Gasteiger partial charge in [-0.25, -0.2) is 0 Å². The van der Waals surface area contributed by atoms with Crippen LogP contribution in [0.1, 0.15) is 39.2 Å². The highest BCUT2D eigenvalue weighted by Gasteiger charge is 2.18. The van der Waals surface area contributed by atoms with Gasteiger partial charge in [-0.15, -0.1) is 0 Å². The van der Waals surface area contributed by atoms with Crippen molar-refractivity contribution in [1.29, 1.82) is 0 Å². The van der Waals surface area contributed by atoms with Crippen LogP contribution in [0.25, 0.3) is 0 Å². The number of carbonyl (C=O) groups is 2. The van der Waals surface area contributed by atoms with Crippen molar-refractivity contribution >= 4 is 23.2 Å². The average Bonchev–Trinajstić information content (AvgIpc) is 2.26. The molecule has 4 heteroatoms. The number of hydrogen-bond acceptors (Lipinski definition) is 2. The van der Waals surface area contributed by atoms with Crippen LogP contribution in [-0.2, 0) is 16.0 Å². The summed E-state index contributed by atoms with van der Waals surface area (Å²) in [6.45, 7) is 6.11. The number of rotatable bonds is 2. The molecule has 1 aliphatic heterocycles. The second kappa shape index (κ2) is 5.03. The highest BCUT2D eigenvalue weighted by Crippen LogP contribution is 2.26. The quantitative estimate of drug-likeness (QED) is 0.859. The highest BCUT2D eigenvalue weighted by atomic mass is 16.2. The Morgan fingerprint density at radius 2 is 2.05 bits per heavy atom. The van der Waals surface area contributed by atoms with E-state index in [4.69, 9.17) is 0 Å². The molecular weight excluding hydrogens is 240 g/mol. The van der Waals surface area contributed by atoms with Crippen molar-refractivity contribution in [3.63, 3.8) is 0 Å². The molecule has 19 heavy (non-hydrogen) atoms. The van der Waals surface area contributed by atoms with E-state index in [1.54, 1.807) is 0 Å². The molecule has 1 aliphatic rings. The molecule has 0 fully saturated rings. The summed E-state index contributed by atoms with van der Waals surface area (Å²) in [6.07, 6.45) is 1.72. The number of benzene rings is 1. The van der Waals surface area contributed by atoms with Crippen LogP contribution >= 0.6 is 0 Å². The molecule has 0 unspecified atom stereocenters. The fourth-order valence-electron chi connectivity index (χ4n) is 2.15. The van der Waals surface area contributed by atoms with E-state index < -0.39 is 0 Å². The zero-order chi connectivity index (χ0) is 14.0. The van der Waals surface area contributed by atoms with E-state index in [0.29, 0.717) is 12.8 Å². The van der Waals surface area contributed by atoms with Gasteiger partial charge >= 0.3 is 0 Å². The van der Waals surface area contributed by atoms with Gasteiger partial charge in [-0.05, 0) is 35.6 Å². The third kappa shape index (κ3) is 3.81. The summed E-state index contributed by atoms with van der Waals surface area (Å²) in [6, 6.07) is 5.61. The predicted octanol–water partition coefficient (Wildman–Crippen LogP) is 2.95. The third-order valence-electron chi connectivity index (χ3n) is 2.98. The molecule has 0 bridgehead atoms. The van der Waals surface area contributed by atoms with Gasteiger partial charge in [-0.2, -0.15) is 0 Å². The van der Waals surface area contributed by atoms with Crippen LogP contribution in [0.2, 0.25) is 0 Å². The summed E-state index contributed by atoms with van der Waals surface area (Å²) >= 11 is 0. The van der Waals surface area contributed by atoms with E-state index >= 15 is 0 Å². The number of nitrogens with one attached hydrogen (secondary N) is 2. The molecule has 4 nitrogen and oxygen atoms in total. The van der Waals surface area contributed by atoms with Crippen molar-refractivity contribution in [2.75, 3.05) is 10.6 Å². The number of aryl methyl sites for hydroxylation is 1. The molecule has 1 aromatic carbocycles. The van der Waals surface area contributed by atoms with Crippen molar-refractivity contribution in [3.05, 3.63) is 23.8 Å². The van der Waals surface area contributed by atoms with Crippen LogP contribution in [0.5, 0.6) is 0 Å². The van der Waals surface area contributed by atoms with Gasteiger partial charge in [0.1, 0.15) is 0 Å². The summed E-state index contributed by atoms with van der Waals surface area (Å²) in [4.78, 5) is 23.1. The lowest BCUT2D eigenvalue weighted by atomic mass is 9.92. The Morgan fingerprint density at radius 1 is 1.32 bits per heavy atom. The Labute approximate surface area is 113 Å². The van der Waals surface area contributed by atoms with E-state index in [0.717, 1.165) is 23.4 Å². The first-order valence-corrected chi connectivity index (χ1v) is 6.56. The predicted molar refractivity (Wildman–Crippen MR) is 76.1 cm³/mol. The van der Waals surface area contributed by atoms with E-state index in [-0.39, 0.29) is 17.2 Å². The highest BCUT2D eigenvalue weighted by molar-refractivity contribution is 5.95. The molecule has 0 saturated heterocycles. The van der Waals surface area contributed by atoms with Crippen LogP contribution in [0.3, 0.4) is 0 Å². The number of hydrogen-bond donors (Lipinski definition) is 2. The van der Waals surface area contributed by atoms with Crippen molar-refractivity contribution in [3.8, 4) is 0 Å². The van der Waals surface area contributed by atoms with Gasteiger partial charge in [0.15, 0.2) is 0 Å². The maximum Gasteiger partial charge on any atom is 0.224 e. The maximum absolute atomic E-state index is 11.9. The summed E-state index contributed by atoms with van der Waals surface area (Å²) in [5.74, 6) is 0.0734. The largest absolute Gasteiger partial charge is 0.326 e. The van der Waals surface area contributed by atoms with Crippen molar-refractivity contribution in [2.45, 2.75) is 40.0 Å². The maximum atomic E-state index is 11.9. The third-order valence-corrected chi connectivity index (χ3v) is 2.98. The average molecular weight is 260 g/mol. The molecule has 0 aromatic heterocycles. The van der Waals surface area contributed by atoms with Crippen LogP contribution in [-0.4, -0.2) is 11.8 Å². The zero-order valence-corrected chi connectivity index (χ0v) is 11.7. The number of fused-ring (bicyclic) bond motifs is 1. The second-order valence-electron chi connectivity index (χ2n) is 6.21. The number of amides is 2. The van der Waals surface area contributed by atoms with Crippen LogP contribution in [0, 0.1) is 5.41 Å². The Morgan fingerprint density at radius 3 is 2.74 bits per heavy atom. The van der Waals surface area contributed by atoms with Gasteiger partial charge in [0.05, 0.1) is 0 Å². The van der Waals surface area contributed by atoms with Gasteiger partial charge in [-0.3, -0.25) is 9.59 Å². The fourth-order valence-corrected chi connectivity index (χ4v) is 2.15. The van der Waals surface area contributed by atoms with Gasteiger partial charge in [0, 0.05) is 24.2 Å². The molecule has 1 heterocycles. The molecule has 0 atom stereocenters. The van der Waals surface area contributed by atoms with Gasteiger partial charge in [0.25, 0.3) is 0 Å². The van der Waals surface area contributed by atoms with E-state index in [1.807, 2.05) is 39.0 Å². The number of anilines is 2. The summed E-state index contributed by atoms with van der Waals surface area (Å²) in [5, 5.41) is 5.74. The van der Waals surface area contributed by atoms with Crippen molar-refractivity contribution in [1.82, 2.24) is 0 Å². The Bertz CT molecular complexity index is 515. The fraction of sp³-hybridized carbons (Fsp3) is 0.467. The Kier molecular flexibility index (Phi) is 3.60. The topological polar surface area (TPSA) is 58.2 Å². The molecule has 2 amide bonds. The molecule has 0 aliphatic carbocycles. The minimum absolute atomic E-state index is 0.0206. The molecule has 0 radical (unpaired) electrons. The van der Waals surface area contributed by atoms with Gasteiger partial charge in [0.2, 0.25) is 11.8 Å². The Hall–Kier alpha value is -1.84. The molecule has 2 N–H and O–H groups in total. The van der Waals surface area contributed by atoms with Crippen molar-refractivity contribution in [2.24, 2.45) is 5.41 Å². The summed E-state index contributed by atoms with van der Waals surface area (Å²) in [7, 11) is 0. The number of carbonyl (C=O) groups excluding carboxylic acids is 2. The minimum atomic E-state index is -0.0216. The zero-order valence-electron chi connectivity index (χ0n) is 11.7. The molecular formula is C15H20N2O2. The minimum Gasteiger partial charge on any atom is -0.326 e. The lowest BCUT2D eigenvalue weighted by Crippen LogP contribution is -2.21. The molecule has 0 saturated carbocycles. The lowest BCUT2D eigenvalue weighted by Gasteiger charge is -2.19. The smallest absolute Gasteiger partial charge is 0.224 e. The summed E-state index contributed by atoms with van der Waals surface area (Å²) < 4.78 is 0.